The van der Waals surface area contributed by atoms with E-state index in [0.29, 0.717) is 12.7 Å². The Kier molecular flexibility index (Phi) is 9.85. The summed E-state index contributed by atoms with van der Waals surface area (Å²) in [6.45, 7) is 3.47. The summed E-state index contributed by atoms with van der Waals surface area (Å²) < 4.78 is 0. The Morgan fingerprint density at radius 3 is 1.89 bits per heavy atom. The van der Waals surface area contributed by atoms with E-state index in [1.54, 1.807) is 0 Å². The van der Waals surface area contributed by atoms with Crippen molar-refractivity contribution in [2.75, 3.05) is 0 Å². The standard InChI is InChI=1S/C15H28O3/c1-3-4-5-6-7-8-9-10-11-12-14(17)15(2,18)13-16/h13,18H,3-12H2,1-2H3. The van der Waals surface area contributed by atoms with Gasteiger partial charge in [0.25, 0.3) is 0 Å². The fourth-order valence-corrected chi connectivity index (χ4v) is 1.92. The van der Waals surface area contributed by atoms with Crippen LogP contribution in [0.4, 0.5) is 0 Å². The van der Waals surface area contributed by atoms with Gasteiger partial charge in [0.15, 0.2) is 17.7 Å². The predicted molar refractivity (Wildman–Crippen MR) is 73.5 cm³/mol. The summed E-state index contributed by atoms with van der Waals surface area (Å²) >= 11 is 0. The van der Waals surface area contributed by atoms with Crippen molar-refractivity contribution >= 4 is 12.1 Å². The van der Waals surface area contributed by atoms with Crippen molar-refractivity contribution in [2.45, 2.75) is 83.7 Å². The number of carbonyl (C=O) groups is 2. The molecule has 0 aromatic heterocycles. The summed E-state index contributed by atoms with van der Waals surface area (Å²) in [5.74, 6) is -0.361. The quantitative estimate of drug-likeness (QED) is 0.331. The molecule has 0 aromatic rings. The molecular formula is C15H28O3. The van der Waals surface area contributed by atoms with E-state index in [1.807, 2.05) is 0 Å². The van der Waals surface area contributed by atoms with Crippen LogP contribution in [0.25, 0.3) is 0 Å². The number of carbonyl (C=O) groups excluding carboxylic acids is 2. The van der Waals surface area contributed by atoms with E-state index in [9.17, 15) is 14.7 Å². The number of Topliss-reactive ketones (excluding diaryl/α,β-unsaturated/α-hetero) is 1. The molecule has 0 aliphatic rings. The summed E-state index contributed by atoms with van der Waals surface area (Å²) in [7, 11) is 0. The van der Waals surface area contributed by atoms with E-state index in [4.69, 9.17) is 0 Å². The van der Waals surface area contributed by atoms with Crippen molar-refractivity contribution < 1.29 is 14.7 Å². The lowest BCUT2D eigenvalue weighted by Gasteiger charge is -2.13. The van der Waals surface area contributed by atoms with Gasteiger partial charge in [0, 0.05) is 6.42 Å². The zero-order valence-electron chi connectivity index (χ0n) is 11.9. The number of aldehydes is 1. The lowest BCUT2D eigenvalue weighted by molar-refractivity contribution is -0.142. The van der Waals surface area contributed by atoms with Crippen molar-refractivity contribution in [1.29, 1.82) is 0 Å². The van der Waals surface area contributed by atoms with Crippen molar-refractivity contribution in [3.05, 3.63) is 0 Å². The molecule has 0 rings (SSSR count). The second-order valence-corrected chi connectivity index (χ2v) is 5.27. The van der Waals surface area contributed by atoms with Crippen LogP contribution < -0.4 is 0 Å². The van der Waals surface area contributed by atoms with Gasteiger partial charge in [0.05, 0.1) is 0 Å². The maximum atomic E-state index is 11.4. The zero-order valence-corrected chi connectivity index (χ0v) is 11.9. The van der Waals surface area contributed by atoms with E-state index in [1.165, 1.54) is 45.4 Å². The Morgan fingerprint density at radius 2 is 1.44 bits per heavy atom. The van der Waals surface area contributed by atoms with Crippen LogP contribution in [0.1, 0.15) is 78.1 Å². The van der Waals surface area contributed by atoms with Gasteiger partial charge in [-0.25, -0.2) is 0 Å². The lowest BCUT2D eigenvalue weighted by atomic mass is 9.97. The van der Waals surface area contributed by atoms with Crippen LogP contribution in [0.3, 0.4) is 0 Å². The molecular weight excluding hydrogens is 228 g/mol. The van der Waals surface area contributed by atoms with Crippen LogP contribution in [0.2, 0.25) is 0 Å². The summed E-state index contributed by atoms with van der Waals surface area (Å²) in [4.78, 5) is 21.9. The monoisotopic (exact) mass is 256 g/mol. The van der Waals surface area contributed by atoms with E-state index in [2.05, 4.69) is 6.92 Å². The van der Waals surface area contributed by atoms with Gasteiger partial charge in [0.1, 0.15) is 0 Å². The Hall–Kier alpha value is -0.700. The minimum atomic E-state index is -1.78. The number of hydrogen-bond donors (Lipinski definition) is 1. The topological polar surface area (TPSA) is 54.4 Å². The molecule has 0 radical (unpaired) electrons. The second kappa shape index (κ2) is 10.2. The van der Waals surface area contributed by atoms with Crippen LogP contribution in [0.5, 0.6) is 0 Å². The third kappa shape index (κ3) is 8.40. The Bertz CT molecular complexity index is 234. The van der Waals surface area contributed by atoms with Gasteiger partial charge in [-0.1, -0.05) is 58.3 Å². The van der Waals surface area contributed by atoms with Crippen LogP contribution in [-0.2, 0) is 9.59 Å². The van der Waals surface area contributed by atoms with E-state index < -0.39 is 5.60 Å². The molecule has 0 saturated carbocycles. The maximum Gasteiger partial charge on any atom is 0.175 e. The highest BCUT2D eigenvalue weighted by atomic mass is 16.3. The molecule has 0 aliphatic heterocycles. The molecule has 18 heavy (non-hydrogen) atoms. The minimum Gasteiger partial charge on any atom is -0.375 e. The van der Waals surface area contributed by atoms with Gasteiger partial charge in [-0.2, -0.15) is 0 Å². The van der Waals surface area contributed by atoms with E-state index >= 15 is 0 Å². The highest BCUT2D eigenvalue weighted by Gasteiger charge is 2.28. The molecule has 3 heteroatoms. The summed E-state index contributed by atoms with van der Waals surface area (Å²) in [5.41, 5.74) is -1.78. The van der Waals surface area contributed by atoms with E-state index in [-0.39, 0.29) is 5.78 Å². The van der Waals surface area contributed by atoms with E-state index in [0.717, 1.165) is 19.3 Å². The number of hydrogen-bond acceptors (Lipinski definition) is 3. The molecule has 0 bridgehead atoms. The molecule has 0 amide bonds. The molecule has 0 aliphatic carbocycles. The SMILES string of the molecule is CCCCCCCCCCCC(=O)C(C)(O)C=O. The molecule has 0 spiro atoms. The third-order valence-electron chi connectivity index (χ3n) is 3.30. The van der Waals surface area contributed by atoms with Gasteiger partial charge >= 0.3 is 0 Å². The lowest BCUT2D eigenvalue weighted by Crippen LogP contribution is -2.36. The summed E-state index contributed by atoms with van der Waals surface area (Å²) in [6.07, 6.45) is 11.3. The first-order chi connectivity index (χ1) is 8.54. The van der Waals surface area contributed by atoms with Crippen molar-refractivity contribution in [2.24, 2.45) is 0 Å². The largest absolute Gasteiger partial charge is 0.375 e. The van der Waals surface area contributed by atoms with Crippen LogP contribution in [-0.4, -0.2) is 22.8 Å². The highest BCUT2D eigenvalue weighted by Crippen LogP contribution is 2.12. The average Bonchev–Trinajstić information content (AvgIpc) is 2.36. The number of unbranched alkanes of at least 4 members (excludes halogenated alkanes) is 8. The molecule has 106 valence electrons. The Morgan fingerprint density at radius 1 is 1.00 bits per heavy atom. The maximum absolute atomic E-state index is 11.4. The molecule has 1 atom stereocenters. The van der Waals surface area contributed by atoms with Gasteiger partial charge < -0.3 is 5.11 Å². The van der Waals surface area contributed by atoms with Crippen molar-refractivity contribution in [1.82, 2.24) is 0 Å². The van der Waals surface area contributed by atoms with Gasteiger partial charge in [-0.3, -0.25) is 9.59 Å². The minimum absolute atomic E-state index is 0.307. The molecule has 3 nitrogen and oxygen atoms in total. The van der Waals surface area contributed by atoms with Crippen molar-refractivity contribution in [3.8, 4) is 0 Å². The molecule has 0 heterocycles. The molecule has 1 N–H and O–H groups in total. The highest BCUT2D eigenvalue weighted by molar-refractivity contribution is 6.00. The third-order valence-corrected chi connectivity index (χ3v) is 3.30. The number of ketones is 1. The molecule has 0 aromatic carbocycles. The first kappa shape index (κ1) is 17.3. The van der Waals surface area contributed by atoms with Crippen LogP contribution >= 0.6 is 0 Å². The average molecular weight is 256 g/mol. The number of rotatable bonds is 12. The fraction of sp³-hybridized carbons (Fsp3) is 0.867. The first-order valence-corrected chi connectivity index (χ1v) is 7.26. The van der Waals surface area contributed by atoms with Gasteiger partial charge in [-0.15, -0.1) is 0 Å². The van der Waals surface area contributed by atoms with Crippen LogP contribution in [0.15, 0.2) is 0 Å². The second-order valence-electron chi connectivity index (χ2n) is 5.27. The summed E-state index contributed by atoms with van der Waals surface area (Å²) in [5, 5.41) is 9.40. The normalized spacial score (nSPS) is 14.2. The zero-order chi connectivity index (χ0) is 13.9. The fourth-order valence-electron chi connectivity index (χ4n) is 1.92. The number of aliphatic hydroxyl groups is 1. The van der Waals surface area contributed by atoms with Gasteiger partial charge in [0.2, 0.25) is 0 Å². The Labute approximate surface area is 111 Å². The molecule has 0 fully saturated rings. The van der Waals surface area contributed by atoms with Crippen molar-refractivity contribution in [3.63, 3.8) is 0 Å². The molecule has 0 saturated heterocycles. The summed E-state index contributed by atoms with van der Waals surface area (Å²) in [6, 6.07) is 0. The Balaban J connectivity index is 3.36. The first-order valence-electron chi connectivity index (χ1n) is 7.26. The van der Waals surface area contributed by atoms with Gasteiger partial charge in [-0.05, 0) is 13.3 Å². The molecule has 1 unspecified atom stereocenters. The predicted octanol–water partition coefficient (Wildman–Crippen LogP) is 3.43. The smallest absolute Gasteiger partial charge is 0.175 e. The van der Waals surface area contributed by atoms with Crippen LogP contribution in [0, 0.1) is 0 Å².